The number of likely N-dealkylation sites (tertiary alicyclic amines) is 1. The van der Waals surface area contributed by atoms with Crippen molar-refractivity contribution in [1.29, 1.82) is 0 Å². The van der Waals surface area contributed by atoms with Crippen LogP contribution >= 0.6 is 0 Å². The van der Waals surface area contributed by atoms with Gasteiger partial charge in [-0.3, -0.25) is 19.3 Å². The van der Waals surface area contributed by atoms with E-state index in [9.17, 15) is 23.6 Å². The molecule has 0 aliphatic carbocycles. The molecule has 1 fully saturated rings. The zero-order chi connectivity index (χ0) is 24.5. The topological polar surface area (TPSA) is 113 Å². The summed E-state index contributed by atoms with van der Waals surface area (Å²) >= 11 is 0. The van der Waals surface area contributed by atoms with Crippen molar-refractivity contribution in [3.05, 3.63) is 60.2 Å². The minimum absolute atomic E-state index is 0.00627. The SMILES string of the molecule is O=C(O)CC(NC(=O)C1CCCCN1C(=O)OCc1cccc(-c2ccccc2)c1)C(=O)CF. The van der Waals surface area contributed by atoms with E-state index < -0.39 is 48.9 Å². The van der Waals surface area contributed by atoms with Crippen LogP contribution in [0.5, 0.6) is 0 Å². The van der Waals surface area contributed by atoms with Gasteiger partial charge in [-0.15, -0.1) is 0 Å². The number of nitrogens with zero attached hydrogens (tertiary/aromatic N) is 1. The van der Waals surface area contributed by atoms with Crippen LogP contribution in [0.25, 0.3) is 11.1 Å². The van der Waals surface area contributed by atoms with Crippen LogP contribution in [0, 0.1) is 0 Å². The lowest BCUT2D eigenvalue weighted by Gasteiger charge is -2.34. The lowest BCUT2D eigenvalue weighted by atomic mass is 10.0. The number of aliphatic carboxylic acids is 1. The number of Topliss-reactive ketones (excluding diaryl/α,β-unsaturated/α-hetero) is 1. The summed E-state index contributed by atoms with van der Waals surface area (Å²) in [7, 11) is 0. The molecule has 1 heterocycles. The number of carbonyl (C=O) groups excluding carboxylic acids is 3. The predicted molar refractivity (Wildman–Crippen MR) is 122 cm³/mol. The van der Waals surface area contributed by atoms with Crippen molar-refractivity contribution >= 4 is 23.8 Å². The Labute approximate surface area is 196 Å². The second-order valence-electron chi connectivity index (χ2n) is 8.08. The molecule has 2 aromatic rings. The number of carboxylic acids is 1. The van der Waals surface area contributed by atoms with E-state index in [0.717, 1.165) is 16.7 Å². The molecule has 34 heavy (non-hydrogen) atoms. The first kappa shape index (κ1) is 24.9. The van der Waals surface area contributed by atoms with E-state index in [-0.39, 0.29) is 13.2 Å². The van der Waals surface area contributed by atoms with Gasteiger partial charge in [0.1, 0.15) is 25.4 Å². The molecule has 2 unspecified atom stereocenters. The van der Waals surface area contributed by atoms with Crippen LogP contribution in [-0.2, 0) is 25.7 Å². The van der Waals surface area contributed by atoms with Crippen LogP contribution in [0.15, 0.2) is 54.6 Å². The Morgan fingerprint density at radius 1 is 1.06 bits per heavy atom. The average Bonchev–Trinajstić information content (AvgIpc) is 2.86. The minimum Gasteiger partial charge on any atom is -0.481 e. The summed E-state index contributed by atoms with van der Waals surface area (Å²) in [5, 5.41) is 11.2. The number of benzene rings is 2. The van der Waals surface area contributed by atoms with E-state index in [0.29, 0.717) is 19.3 Å². The highest BCUT2D eigenvalue weighted by molar-refractivity contribution is 5.94. The summed E-state index contributed by atoms with van der Waals surface area (Å²) in [6, 6.07) is 14.9. The maximum Gasteiger partial charge on any atom is 0.410 e. The van der Waals surface area contributed by atoms with E-state index in [1.54, 1.807) is 0 Å². The van der Waals surface area contributed by atoms with Gasteiger partial charge in [0.05, 0.1) is 6.42 Å². The van der Waals surface area contributed by atoms with E-state index in [4.69, 9.17) is 9.84 Å². The van der Waals surface area contributed by atoms with Crippen molar-refractivity contribution in [2.45, 2.75) is 44.4 Å². The molecule has 2 atom stereocenters. The van der Waals surface area contributed by atoms with Crippen LogP contribution in [0.4, 0.5) is 9.18 Å². The average molecular weight is 470 g/mol. The largest absolute Gasteiger partial charge is 0.481 e. The minimum atomic E-state index is -1.49. The van der Waals surface area contributed by atoms with Gasteiger partial charge in [-0.05, 0) is 42.0 Å². The fourth-order valence-corrected chi connectivity index (χ4v) is 3.90. The zero-order valence-corrected chi connectivity index (χ0v) is 18.6. The third-order valence-corrected chi connectivity index (χ3v) is 5.65. The van der Waals surface area contributed by atoms with E-state index in [1.807, 2.05) is 54.6 Å². The lowest BCUT2D eigenvalue weighted by Crippen LogP contribution is -2.55. The number of carbonyl (C=O) groups is 4. The molecular weight excluding hydrogens is 443 g/mol. The highest BCUT2D eigenvalue weighted by Gasteiger charge is 2.35. The quantitative estimate of drug-likeness (QED) is 0.581. The van der Waals surface area contributed by atoms with E-state index in [1.165, 1.54) is 4.90 Å². The molecule has 0 bridgehead atoms. The summed E-state index contributed by atoms with van der Waals surface area (Å²) in [5.41, 5.74) is 2.79. The summed E-state index contributed by atoms with van der Waals surface area (Å²) in [6.45, 7) is -1.11. The number of hydrogen-bond acceptors (Lipinski definition) is 5. The van der Waals surface area contributed by atoms with Gasteiger partial charge in [-0.1, -0.05) is 48.5 Å². The molecule has 1 aliphatic rings. The van der Waals surface area contributed by atoms with Crippen molar-refractivity contribution in [2.24, 2.45) is 0 Å². The van der Waals surface area contributed by atoms with E-state index in [2.05, 4.69) is 5.32 Å². The summed E-state index contributed by atoms with van der Waals surface area (Å²) in [4.78, 5) is 49.5. The second kappa shape index (κ2) is 11.9. The monoisotopic (exact) mass is 470 g/mol. The Morgan fingerprint density at radius 2 is 1.79 bits per heavy atom. The van der Waals surface area contributed by atoms with Crippen LogP contribution in [0.1, 0.15) is 31.2 Å². The van der Waals surface area contributed by atoms with Gasteiger partial charge < -0.3 is 15.2 Å². The van der Waals surface area contributed by atoms with Crippen molar-refractivity contribution in [2.75, 3.05) is 13.2 Å². The molecule has 8 nitrogen and oxygen atoms in total. The van der Waals surface area contributed by atoms with Gasteiger partial charge >= 0.3 is 12.1 Å². The Morgan fingerprint density at radius 3 is 2.50 bits per heavy atom. The number of ketones is 1. The zero-order valence-electron chi connectivity index (χ0n) is 18.6. The number of alkyl halides is 1. The number of amides is 2. The summed E-state index contributed by atoms with van der Waals surface area (Å²) in [6.07, 6.45) is 0.250. The molecule has 2 aromatic carbocycles. The highest BCUT2D eigenvalue weighted by Crippen LogP contribution is 2.22. The Bertz CT molecular complexity index is 1030. The Hall–Kier alpha value is -3.75. The molecule has 1 aliphatic heterocycles. The van der Waals surface area contributed by atoms with Crippen molar-refractivity contribution in [3.8, 4) is 11.1 Å². The first-order valence-electron chi connectivity index (χ1n) is 11.1. The predicted octanol–water partition coefficient (Wildman–Crippen LogP) is 3.34. The molecular formula is C25H27FN2O6. The Kier molecular flexibility index (Phi) is 8.73. The number of carboxylic acid groups (broad SMARTS) is 1. The molecule has 9 heteroatoms. The fraction of sp³-hybridized carbons (Fsp3) is 0.360. The van der Waals surface area contributed by atoms with Crippen molar-refractivity contribution in [3.63, 3.8) is 0 Å². The number of halogens is 1. The molecule has 0 spiro atoms. The number of hydrogen-bond donors (Lipinski definition) is 2. The lowest BCUT2D eigenvalue weighted by molar-refractivity contribution is -0.140. The molecule has 180 valence electrons. The van der Waals surface area contributed by atoms with Crippen LogP contribution in [0.3, 0.4) is 0 Å². The van der Waals surface area contributed by atoms with Crippen LogP contribution in [0.2, 0.25) is 0 Å². The van der Waals surface area contributed by atoms with Gasteiger partial charge in [0.2, 0.25) is 5.91 Å². The van der Waals surface area contributed by atoms with Crippen LogP contribution in [-0.4, -0.2) is 59.1 Å². The third-order valence-electron chi connectivity index (χ3n) is 5.65. The maximum absolute atomic E-state index is 12.8. The van der Waals surface area contributed by atoms with Gasteiger partial charge in [0.25, 0.3) is 0 Å². The third kappa shape index (κ3) is 6.63. The smallest absolute Gasteiger partial charge is 0.410 e. The standard InChI is InChI=1S/C25H27FN2O6/c26-15-22(29)20(14-23(30)31)27-24(32)21-11-4-5-12-28(21)25(33)34-16-17-7-6-10-19(13-17)18-8-2-1-3-9-18/h1-3,6-10,13,20-21H,4-5,11-12,14-16H2,(H,27,32)(H,30,31). The molecule has 0 radical (unpaired) electrons. The first-order valence-corrected chi connectivity index (χ1v) is 11.1. The van der Waals surface area contributed by atoms with E-state index >= 15 is 0 Å². The second-order valence-corrected chi connectivity index (χ2v) is 8.08. The molecule has 3 rings (SSSR count). The fourth-order valence-electron chi connectivity index (χ4n) is 3.90. The van der Waals surface area contributed by atoms with Gasteiger partial charge in [0.15, 0.2) is 5.78 Å². The number of rotatable bonds is 9. The van der Waals surface area contributed by atoms with Gasteiger partial charge in [0, 0.05) is 6.54 Å². The summed E-state index contributed by atoms with van der Waals surface area (Å²) in [5.74, 6) is -3.07. The van der Waals surface area contributed by atoms with Crippen LogP contribution < -0.4 is 5.32 Å². The molecule has 0 aromatic heterocycles. The highest BCUT2D eigenvalue weighted by atomic mass is 19.1. The maximum atomic E-state index is 12.8. The first-order chi connectivity index (χ1) is 16.4. The molecule has 1 saturated heterocycles. The van der Waals surface area contributed by atoms with Gasteiger partial charge in [-0.2, -0.15) is 0 Å². The summed E-state index contributed by atoms with van der Waals surface area (Å²) < 4.78 is 18.3. The molecule has 0 saturated carbocycles. The Balaban J connectivity index is 1.64. The normalized spacial score (nSPS) is 16.4. The number of ether oxygens (including phenoxy) is 1. The van der Waals surface area contributed by atoms with Crippen molar-refractivity contribution in [1.82, 2.24) is 10.2 Å². The number of nitrogens with one attached hydrogen (secondary N) is 1. The van der Waals surface area contributed by atoms with Crippen molar-refractivity contribution < 1.29 is 33.4 Å². The number of piperidine rings is 1. The molecule has 2 amide bonds. The van der Waals surface area contributed by atoms with Gasteiger partial charge in [-0.25, -0.2) is 9.18 Å². The molecule has 2 N–H and O–H groups in total.